The molecule has 0 heterocycles. The summed E-state index contributed by atoms with van der Waals surface area (Å²) in [7, 11) is -4.01. The third-order valence-electron chi connectivity index (χ3n) is 5.40. The lowest BCUT2D eigenvalue weighted by molar-refractivity contribution is -0.120. The van der Waals surface area contributed by atoms with Crippen LogP contribution >= 0.6 is 0 Å². The summed E-state index contributed by atoms with van der Waals surface area (Å²) < 4.78 is 39.2. The largest absolute Gasteiger partial charge is 0.494 e. The number of carbonyl (C=O) groups excluding carboxylic acids is 1. The van der Waals surface area contributed by atoms with Gasteiger partial charge in [-0.1, -0.05) is 29.8 Å². The number of hydrogen-bond acceptors (Lipinski definition) is 5. The number of sulfonamides is 1. The highest BCUT2D eigenvalue weighted by atomic mass is 32.2. The molecule has 3 aromatic carbocycles. The Morgan fingerprint density at radius 1 is 0.857 bits per heavy atom. The molecule has 186 valence electrons. The van der Waals surface area contributed by atoms with Crippen LogP contribution in [0.4, 0.5) is 5.69 Å². The maximum Gasteiger partial charge on any atom is 0.264 e. The van der Waals surface area contributed by atoms with Gasteiger partial charge in [0.15, 0.2) is 0 Å². The van der Waals surface area contributed by atoms with Crippen molar-refractivity contribution in [3.8, 4) is 11.5 Å². The number of hydrogen-bond donors (Lipinski definition) is 1. The van der Waals surface area contributed by atoms with Crippen LogP contribution in [-0.2, 0) is 14.8 Å². The highest BCUT2D eigenvalue weighted by Crippen LogP contribution is 2.26. The summed E-state index contributed by atoms with van der Waals surface area (Å²) in [5.41, 5.74) is 2.28. The van der Waals surface area contributed by atoms with Crippen molar-refractivity contribution in [2.45, 2.75) is 38.6 Å². The van der Waals surface area contributed by atoms with Crippen molar-refractivity contribution < 1.29 is 22.7 Å². The first-order chi connectivity index (χ1) is 16.7. The third-order valence-corrected chi connectivity index (χ3v) is 7.19. The molecule has 1 amide bonds. The quantitative estimate of drug-likeness (QED) is 0.410. The van der Waals surface area contributed by atoms with E-state index in [-0.39, 0.29) is 17.5 Å². The highest BCUT2D eigenvalue weighted by Gasteiger charge is 2.28. The Morgan fingerprint density at radius 3 is 1.89 bits per heavy atom. The smallest absolute Gasteiger partial charge is 0.264 e. The van der Waals surface area contributed by atoms with Crippen molar-refractivity contribution in [3.05, 3.63) is 83.9 Å². The van der Waals surface area contributed by atoms with Crippen molar-refractivity contribution in [2.24, 2.45) is 0 Å². The summed E-state index contributed by atoms with van der Waals surface area (Å²) in [5, 5.41) is 2.90. The molecule has 0 aliphatic rings. The fourth-order valence-corrected chi connectivity index (χ4v) is 4.97. The second-order valence-corrected chi connectivity index (χ2v) is 9.91. The maximum atomic E-state index is 13.6. The van der Waals surface area contributed by atoms with Crippen LogP contribution in [0.1, 0.15) is 37.9 Å². The first-order valence-electron chi connectivity index (χ1n) is 11.6. The lowest BCUT2D eigenvalue weighted by Gasteiger charge is -2.25. The molecule has 1 N–H and O–H groups in total. The minimum atomic E-state index is -4.01. The molecule has 8 heteroatoms. The Bertz CT molecular complexity index is 1210. The molecule has 0 aliphatic heterocycles. The summed E-state index contributed by atoms with van der Waals surface area (Å²) in [6.45, 7) is 8.23. The van der Waals surface area contributed by atoms with Crippen LogP contribution in [-0.4, -0.2) is 34.1 Å². The van der Waals surface area contributed by atoms with Gasteiger partial charge in [-0.25, -0.2) is 8.42 Å². The van der Waals surface area contributed by atoms with Crippen LogP contribution in [0, 0.1) is 6.92 Å². The minimum absolute atomic E-state index is 0.0777. The van der Waals surface area contributed by atoms with Gasteiger partial charge in [-0.15, -0.1) is 0 Å². The summed E-state index contributed by atoms with van der Waals surface area (Å²) >= 11 is 0. The van der Waals surface area contributed by atoms with E-state index >= 15 is 0 Å². The lowest BCUT2D eigenvalue weighted by atomic mass is 10.1. The van der Waals surface area contributed by atoms with Crippen LogP contribution in [0.25, 0.3) is 0 Å². The molecule has 3 aromatic rings. The Morgan fingerprint density at radius 2 is 1.37 bits per heavy atom. The van der Waals surface area contributed by atoms with E-state index in [0.717, 1.165) is 21.2 Å². The molecule has 0 fully saturated rings. The zero-order chi connectivity index (χ0) is 25.4. The number of anilines is 1. The van der Waals surface area contributed by atoms with Gasteiger partial charge in [-0.05, 0) is 81.8 Å². The molecule has 0 aliphatic carbocycles. The van der Waals surface area contributed by atoms with E-state index in [4.69, 9.17) is 9.47 Å². The van der Waals surface area contributed by atoms with Crippen LogP contribution < -0.4 is 19.1 Å². The van der Waals surface area contributed by atoms with E-state index in [9.17, 15) is 13.2 Å². The topological polar surface area (TPSA) is 84.9 Å². The van der Waals surface area contributed by atoms with Gasteiger partial charge in [0.2, 0.25) is 5.91 Å². The Kier molecular flexibility index (Phi) is 8.76. The standard InChI is InChI=1S/C27H32N2O5S/c1-5-33-24-13-9-22(10-14-24)21(4)28-27(30)19-29(23-11-7-20(3)8-12-23)35(31,32)26-17-15-25(16-18-26)34-6-2/h7-18,21H,5-6,19H2,1-4H3,(H,28,30)/t21-/m1/s1. The molecule has 0 unspecified atom stereocenters. The molecule has 35 heavy (non-hydrogen) atoms. The number of rotatable bonds is 11. The fraction of sp³-hybridized carbons (Fsp3) is 0.296. The van der Waals surface area contributed by atoms with Crippen LogP contribution in [0.3, 0.4) is 0 Å². The van der Waals surface area contributed by atoms with Crippen LogP contribution in [0.5, 0.6) is 11.5 Å². The average Bonchev–Trinajstić information content (AvgIpc) is 2.84. The van der Waals surface area contributed by atoms with Crippen molar-refractivity contribution in [2.75, 3.05) is 24.1 Å². The summed E-state index contributed by atoms with van der Waals surface area (Å²) in [5.74, 6) is 0.915. The lowest BCUT2D eigenvalue weighted by Crippen LogP contribution is -2.41. The van der Waals surface area contributed by atoms with E-state index < -0.39 is 15.9 Å². The number of ether oxygens (including phenoxy) is 2. The van der Waals surface area contributed by atoms with E-state index in [1.54, 1.807) is 24.3 Å². The summed E-state index contributed by atoms with van der Waals surface area (Å²) in [6.07, 6.45) is 0. The average molecular weight is 497 g/mol. The number of carbonyl (C=O) groups is 1. The second-order valence-electron chi connectivity index (χ2n) is 8.04. The molecule has 0 saturated heterocycles. The van der Waals surface area contributed by atoms with Crippen molar-refractivity contribution in [1.82, 2.24) is 5.32 Å². The SMILES string of the molecule is CCOc1ccc([C@@H](C)NC(=O)CN(c2ccc(C)cc2)S(=O)(=O)c2ccc(OCC)cc2)cc1. The zero-order valence-corrected chi connectivity index (χ0v) is 21.3. The molecule has 1 atom stereocenters. The van der Waals surface area contributed by atoms with Gasteiger partial charge >= 0.3 is 0 Å². The first kappa shape index (κ1) is 26.1. The van der Waals surface area contributed by atoms with Crippen LogP contribution in [0.15, 0.2) is 77.7 Å². The van der Waals surface area contributed by atoms with Gasteiger partial charge in [0, 0.05) is 0 Å². The molecule has 0 bridgehead atoms. The Labute approximate surface area is 207 Å². The zero-order valence-electron chi connectivity index (χ0n) is 20.5. The van der Waals surface area contributed by atoms with Gasteiger partial charge in [-0.2, -0.15) is 0 Å². The molecule has 3 rings (SSSR count). The van der Waals surface area contributed by atoms with E-state index in [0.29, 0.717) is 24.7 Å². The van der Waals surface area contributed by atoms with E-state index in [1.165, 1.54) is 12.1 Å². The third kappa shape index (κ3) is 6.76. The molecular formula is C27H32N2O5S. The fourth-order valence-electron chi connectivity index (χ4n) is 3.55. The number of benzene rings is 3. The molecular weight excluding hydrogens is 464 g/mol. The normalized spacial score (nSPS) is 12.0. The Balaban J connectivity index is 1.83. The van der Waals surface area contributed by atoms with Gasteiger partial charge in [0.1, 0.15) is 18.0 Å². The molecule has 0 spiro atoms. The van der Waals surface area contributed by atoms with Gasteiger partial charge in [0.25, 0.3) is 10.0 Å². The highest BCUT2D eigenvalue weighted by molar-refractivity contribution is 7.92. The predicted molar refractivity (Wildman–Crippen MR) is 137 cm³/mol. The van der Waals surface area contributed by atoms with Crippen molar-refractivity contribution in [1.29, 1.82) is 0 Å². The predicted octanol–water partition coefficient (Wildman–Crippen LogP) is 4.87. The maximum absolute atomic E-state index is 13.6. The minimum Gasteiger partial charge on any atom is -0.494 e. The number of aryl methyl sites for hydroxylation is 1. The van der Waals surface area contributed by atoms with Gasteiger partial charge < -0.3 is 14.8 Å². The summed E-state index contributed by atoms with van der Waals surface area (Å²) in [6, 6.07) is 20.4. The van der Waals surface area contributed by atoms with Crippen LogP contribution in [0.2, 0.25) is 0 Å². The number of nitrogens with zero attached hydrogens (tertiary/aromatic N) is 1. The van der Waals surface area contributed by atoms with E-state index in [1.807, 2.05) is 64.1 Å². The van der Waals surface area contributed by atoms with E-state index in [2.05, 4.69) is 5.32 Å². The molecule has 7 nitrogen and oxygen atoms in total. The van der Waals surface area contributed by atoms with Gasteiger partial charge in [0.05, 0.1) is 29.8 Å². The van der Waals surface area contributed by atoms with Gasteiger partial charge in [-0.3, -0.25) is 9.10 Å². The second kappa shape index (κ2) is 11.8. The molecule has 0 saturated carbocycles. The Hall–Kier alpha value is -3.52. The molecule has 0 aromatic heterocycles. The summed E-state index contributed by atoms with van der Waals surface area (Å²) in [4.78, 5) is 13.1. The molecule has 0 radical (unpaired) electrons. The van der Waals surface area contributed by atoms with Crippen molar-refractivity contribution in [3.63, 3.8) is 0 Å². The first-order valence-corrected chi connectivity index (χ1v) is 13.0. The number of amides is 1. The monoisotopic (exact) mass is 496 g/mol. The van der Waals surface area contributed by atoms with Crippen molar-refractivity contribution >= 4 is 21.6 Å². The number of nitrogens with one attached hydrogen (secondary N) is 1.